The molecule has 2 amide bonds. The first-order valence-electron chi connectivity index (χ1n) is 8.86. The van der Waals surface area contributed by atoms with E-state index in [2.05, 4.69) is 15.3 Å². The lowest BCUT2D eigenvalue weighted by Gasteiger charge is -2.35. The second-order valence-electron chi connectivity index (χ2n) is 6.59. The monoisotopic (exact) mass is 361 g/mol. The van der Waals surface area contributed by atoms with Gasteiger partial charge in [-0.25, -0.2) is 9.97 Å². The molecule has 2 N–H and O–H groups in total. The summed E-state index contributed by atoms with van der Waals surface area (Å²) in [6, 6.07) is 1.76. The topological polar surface area (TPSA) is 116 Å². The lowest BCUT2D eigenvalue weighted by atomic mass is 9.73. The van der Waals surface area contributed by atoms with E-state index in [4.69, 9.17) is 5.11 Å². The first-order valence-corrected chi connectivity index (χ1v) is 8.86. The molecule has 140 valence electrons. The molecule has 1 saturated carbocycles. The van der Waals surface area contributed by atoms with Crippen LogP contribution in [0.2, 0.25) is 0 Å². The average molecular weight is 361 g/mol. The van der Waals surface area contributed by atoms with Gasteiger partial charge in [-0.3, -0.25) is 14.4 Å². The lowest BCUT2D eigenvalue weighted by molar-refractivity contribution is -0.152. The zero-order valence-corrected chi connectivity index (χ0v) is 14.5. The Hall–Kier alpha value is -2.71. The zero-order valence-electron chi connectivity index (χ0n) is 14.5. The number of amides is 2. The SMILES string of the molecule is O=C(O)C1CCC1C(=O)NCCC(=O)N1CCN(c2ncccn2)CC1. The molecule has 2 fully saturated rings. The van der Waals surface area contributed by atoms with E-state index in [1.807, 2.05) is 4.90 Å². The molecular formula is C17H23N5O4. The molecule has 2 aliphatic rings. The Morgan fingerprint density at radius 3 is 2.31 bits per heavy atom. The normalized spacial score (nSPS) is 22.5. The molecule has 3 rings (SSSR count). The van der Waals surface area contributed by atoms with Crippen molar-refractivity contribution < 1.29 is 19.5 Å². The van der Waals surface area contributed by atoms with Crippen LogP contribution in [0.25, 0.3) is 0 Å². The largest absolute Gasteiger partial charge is 0.481 e. The van der Waals surface area contributed by atoms with Crippen molar-refractivity contribution in [1.29, 1.82) is 0 Å². The van der Waals surface area contributed by atoms with Crippen LogP contribution in [-0.4, -0.2) is 70.5 Å². The third-order valence-electron chi connectivity index (χ3n) is 5.03. The lowest BCUT2D eigenvalue weighted by Crippen LogP contribution is -2.50. The summed E-state index contributed by atoms with van der Waals surface area (Å²) in [6.45, 7) is 2.76. The predicted molar refractivity (Wildman–Crippen MR) is 92.3 cm³/mol. The quantitative estimate of drug-likeness (QED) is 0.717. The van der Waals surface area contributed by atoms with Crippen molar-refractivity contribution in [1.82, 2.24) is 20.2 Å². The molecule has 0 bridgehead atoms. The minimum absolute atomic E-state index is 0.0117. The molecule has 9 heteroatoms. The fourth-order valence-electron chi connectivity index (χ4n) is 3.30. The van der Waals surface area contributed by atoms with Gasteiger partial charge in [0.1, 0.15) is 0 Å². The molecule has 1 aromatic heterocycles. The minimum Gasteiger partial charge on any atom is -0.481 e. The Morgan fingerprint density at radius 2 is 1.73 bits per heavy atom. The Bertz CT molecular complexity index is 660. The number of aromatic nitrogens is 2. The number of nitrogens with one attached hydrogen (secondary N) is 1. The van der Waals surface area contributed by atoms with Gasteiger partial charge in [0.25, 0.3) is 0 Å². The average Bonchev–Trinajstić information content (AvgIpc) is 2.61. The predicted octanol–water partition coefficient (Wildman–Crippen LogP) is -0.258. The van der Waals surface area contributed by atoms with Crippen LogP contribution in [-0.2, 0) is 14.4 Å². The number of carbonyl (C=O) groups is 3. The van der Waals surface area contributed by atoms with Crippen LogP contribution in [0.1, 0.15) is 19.3 Å². The highest BCUT2D eigenvalue weighted by Gasteiger charge is 2.41. The molecule has 0 spiro atoms. The van der Waals surface area contributed by atoms with Gasteiger partial charge in [0.15, 0.2) is 0 Å². The van der Waals surface area contributed by atoms with Crippen LogP contribution >= 0.6 is 0 Å². The molecule has 2 unspecified atom stereocenters. The molecule has 2 heterocycles. The number of anilines is 1. The van der Waals surface area contributed by atoms with Crippen molar-refractivity contribution in [2.45, 2.75) is 19.3 Å². The van der Waals surface area contributed by atoms with E-state index < -0.39 is 17.8 Å². The second-order valence-corrected chi connectivity index (χ2v) is 6.59. The van der Waals surface area contributed by atoms with Gasteiger partial charge >= 0.3 is 5.97 Å². The van der Waals surface area contributed by atoms with Gasteiger partial charge in [0.2, 0.25) is 17.8 Å². The van der Waals surface area contributed by atoms with Crippen molar-refractivity contribution in [3.63, 3.8) is 0 Å². The number of nitrogens with zero attached hydrogens (tertiary/aromatic N) is 4. The van der Waals surface area contributed by atoms with Gasteiger partial charge in [-0.2, -0.15) is 0 Å². The van der Waals surface area contributed by atoms with Crippen LogP contribution in [0.4, 0.5) is 5.95 Å². The molecule has 26 heavy (non-hydrogen) atoms. The van der Waals surface area contributed by atoms with Crippen molar-refractivity contribution >= 4 is 23.7 Å². The highest BCUT2D eigenvalue weighted by atomic mass is 16.4. The molecular weight excluding hydrogens is 338 g/mol. The van der Waals surface area contributed by atoms with Crippen LogP contribution < -0.4 is 10.2 Å². The van der Waals surface area contributed by atoms with Gasteiger partial charge in [-0.1, -0.05) is 0 Å². The summed E-state index contributed by atoms with van der Waals surface area (Å²) in [6.07, 6.45) is 4.75. The molecule has 1 aliphatic carbocycles. The van der Waals surface area contributed by atoms with Crippen molar-refractivity contribution in [2.75, 3.05) is 37.6 Å². The zero-order chi connectivity index (χ0) is 18.5. The summed E-state index contributed by atoms with van der Waals surface area (Å²) < 4.78 is 0. The number of rotatable bonds is 6. The number of piperazine rings is 1. The summed E-state index contributed by atoms with van der Waals surface area (Å²) in [7, 11) is 0. The number of carboxylic acid groups (broad SMARTS) is 1. The van der Waals surface area contributed by atoms with E-state index in [1.54, 1.807) is 23.4 Å². The summed E-state index contributed by atoms with van der Waals surface area (Å²) >= 11 is 0. The summed E-state index contributed by atoms with van der Waals surface area (Å²) in [5.74, 6) is -1.58. The Morgan fingerprint density at radius 1 is 1.08 bits per heavy atom. The maximum absolute atomic E-state index is 12.3. The fourth-order valence-corrected chi connectivity index (χ4v) is 3.30. The van der Waals surface area contributed by atoms with Gasteiger partial charge in [-0.15, -0.1) is 0 Å². The minimum atomic E-state index is -0.923. The maximum Gasteiger partial charge on any atom is 0.307 e. The van der Waals surface area contributed by atoms with E-state index in [1.165, 1.54) is 0 Å². The second kappa shape index (κ2) is 8.11. The number of carbonyl (C=O) groups excluding carboxylic acids is 2. The molecule has 0 radical (unpaired) electrons. The Balaban J connectivity index is 1.37. The fraction of sp³-hybridized carbons (Fsp3) is 0.588. The van der Waals surface area contributed by atoms with Gasteiger partial charge in [-0.05, 0) is 18.9 Å². The number of carboxylic acids is 1. The summed E-state index contributed by atoms with van der Waals surface area (Å²) in [5, 5.41) is 11.7. The van der Waals surface area contributed by atoms with E-state index >= 15 is 0 Å². The highest BCUT2D eigenvalue weighted by Crippen LogP contribution is 2.34. The summed E-state index contributed by atoms with van der Waals surface area (Å²) in [5.41, 5.74) is 0. The van der Waals surface area contributed by atoms with E-state index in [-0.39, 0.29) is 24.8 Å². The van der Waals surface area contributed by atoms with E-state index in [0.717, 1.165) is 0 Å². The van der Waals surface area contributed by atoms with Crippen molar-refractivity contribution in [2.24, 2.45) is 11.8 Å². The molecule has 1 aromatic rings. The van der Waals surface area contributed by atoms with E-state index in [9.17, 15) is 14.4 Å². The maximum atomic E-state index is 12.3. The third-order valence-corrected chi connectivity index (χ3v) is 5.03. The van der Waals surface area contributed by atoms with Gasteiger partial charge in [0.05, 0.1) is 11.8 Å². The molecule has 2 atom stereocenters. The molecule has 1 aliphatic heterocycles. The number of hydrogen-bond donors (Lipinski definition) is 2. The van der Waals surface area contributed by atoms with Crippen LogP contribution in [0.5, 0.6) is 0 Å². The van der Waals surface area contributed by atoms with Crippen molar-refractivity contribution in [3.8, 4) is 0 Å². The first-order chi connectivity index (χ1) is 12.6. The molecule has 0 aromatic carbocycles. The van der Waals surface area contributed by atoms with Crippen molar-refractivity contribution in [3.05, 3.63) is 18.5 Å². The summed E-state index contributed by atoms with van der Waals surface area (Å²) in [4.78, 5) is 47.5. The van der Waals surface area contributed by atoms with Crippen LogP contribution in [0, 0.1) is 11.8 Å². The number of hydrogen-bond acceptors (Lipinski definition) is 6. The smallest absolute Gasteiger partial charge is 0.307 e. The van der Waals surface area contributed by atoms with Crippen LogP contribution in [0.15, 0.2) is 18.5 Å². The van der Waals surface area contributed by atoms with Gasteiger partial charge in [0, 0.05) is 51.5 Å². The van der Waals surface area contributed by atoms with Crippen LogP contribution in [0.3, 0.4) is 0 Å². The molecule has 9 nitrogen and oxygen atoms in total. The number of aliphatic carboxylic acids is 1. The van der Waals surface area contributed by atoms with E-state index in [0.29, 0.717) is 45.0 Å². The molecule has 1 saturated heterocycles. The standard InChI is InChI=1S/C17H23N5O4/c23-14(4-7-18-15(24)12-2-3-13(12)16(25)26)21-8-10-22(11-9-21)17-19-5-1-6-20-17/h1,5-6,12-13H,2-4,7-11H2,(H,18,24)(H,25,26). The Labute approximate surface area is 151 Å². The highest BCUT2D eigenvalue weighted by molar-refractivity contribution is 5.86. The Kier molecular flexibility index (Phi) is 5.65. The first kappa shape index (κ1) is 18.1. The van der Waals surface area contributed by atoms with Gasteiger partial charge < -0.3 is 20.2 Å². The third kappa shape index (κ3) is 4.09.